The first-order valence-electron chi connectivity index (χ1n) is 4.98. The maximum absolute atomic E-state index is 13.4. The average molecular weight is 234 g/mol. The largest absolute Gasteiger partial charge is 0.346 e. The van der Waals surface area contributed by atoms with Gasteiger partial charge in [-0.25, -0.2) is 15.0 Å². The molecule has 5 nitrogen and oxygen atoms in total. The molecule has 2 aromatic rings. The summed E-state index contributed by atoms with van der Waals surface area (Å²) in [5.41, 5.74) is 0.275. The van der Waals surface area contributed by atoms with Crippen molar-refractivity contribution in [1.29, 1.82) is 0 Å². The highest BCUT2D eigenvalue weighted by Gasteiger charge is 2.10. The average Bonchev–Trinajstić information content (AvgIpc) is 2.33. The molecule has 0 aliphatic heterocycles. The Bertz CT molecular complexity index is 555. The van der Waals surface area contributed by atoms with Crippen molar-refractivity contribution >= 4 is 5.82 Å². The Hall–Kier alpha value is -2.21. The molecule has 0 aliphatic carbocycles. The van der Waals surface area contributed by atoms with Gasteiger partial charge in [0.2, 0.25) is 0 Å². The third kappa shape index (κ3) is 2.67. The number of aromatic amines is 1. The molecule has 6 heteroatoms. The van der Waals surface area contributed by atoms with Crippen molar-refractivity contribution in [2.75, 3.05) is 5.01 Å². The van der Waals surface area contributed by atoms with Crippen LogP contribution < -0.4 is 16.5 Å². The van der Waals surface area contributed by atoms with E-state index in [4.69, 9.17) is 5.84 Å². The summed E-state index contributed by atoms with van der Waals surface area (Å²) in [4.78, 5) is 16.5. The Morgan fingerprint density at radius 2 is 2.06 bits per heavy atom. The number of nitrogens with two attached hydrogens (primary N) is 1. The summed E-state index contributed by atoms with van der Waals surface area (Å²) >= 11 is 0. The molecule has 0 saturated heterocycles. The first-order valence-corrected chi connectivity index (χ1v) is 4.98. The number of hydrogen-bond acceptors (Lipinski definition) is 4. The number of halogens is 1. The van der Waals surface area contributed by atoms with Crippen LogP contribution in [0.25, 0.3) is 0 Å². The smallest absolute Gasteiger partial charge is 0.289 e. The van der Waals surface area contributed by atoms with Gasteiger partial charge < -0.3 is 0 Å². The van der Waals surface area contributed by atoms with Crippen LogP contribution in [0.15, 0.2) is 41.3 Å². The van der Waals surface area contributed by atoms with Crippen LogP contribution in [0.3, 0.4) is 0 Å². The van der Waals surface area contributed by atoms with Gasteiger partial charge in [-0.15, -0.1) is 0 Å². The topological polar surface area (TPSA) is 75.0 Å². The number of hydrogen-bond donors (Lipinski definition) is 2. The zero-order chi connectivity index (χ0) is 12.3. The van der Waals surface area contributed by atoms with E-state index < -0.39 is 11.5 Å². The molecule has 0 bridgehead atoms. The van der Waals surface area contributed by atoms with E-state index in [1.54, 1.807) is 0 Å². The number of benzene rings is 1. The van der Waals surface area contributed by atoms with Crippen LogP contribution >= 0.6 is 0 Å². The number of H-pyrrole nitrogens is 1. The van der Waals surface area contributed by atoms with Crippen molar-refractivity contribution < 1.29 is 4.39 Å². The van der Waals surface area contributed by atoms with Crippen molar-refractivity contribution in [3.8, 4) is 0 Å². The second-order valence-electron chi connectivity index (χ2n) is 3.50. The maximum Gasteiger partial charge on any atom is 0.346 e. The summed E-state index contributed by atoms with van der Waals surface area (Å²) in [6.45, 7) is 0.289. The van der Waals surface area contributed by atoms with Gasteiger partial charge in [-0.2, -0.15) is 4.98 Å². The maximum atomic E-state index is 13.4. The predicted octanol–water partition coefficient (Wildman–Crippen LogP) is 0.789. The highest BCUT2D eigenvalue weighted by atomic mass is 19.1. The number of nitrogens with one attached hydrogen (secondary N) is 1. The molecular weight excluding hydrogens is 223 g/mol. The van der Waals surface area contributed by atoms with E-state index in [9.17, 15) is 9.18 Å². The molecule has 1 aromatic heterocycles. The first-order chi connectivity index (χ1) is 8.16. The molecule has 1 aromatic carbocycles. The molecule has 17 heavy (non-hydrogen) atoms. The zero-order valence-electron chi connectivity index (χ0n) is 8.93. The number of rotatable bonds is 3. The van der Waals surface area contributed by atoms with Crippen LogP contribution in [-0.2, 0) is 6.54 Å². The van der Waals surface area contributed by atoms with E-state index in [1.807, 2.05) is 30.3 Å². The van der Waals surface area contributed by atoms with Gasteiger partial charge in [0.1, 0.15) is 0 Å². The second kappa shape index (κ2) is 4.75. The Morgan fingerprint density at radius 3 is 2.76 bits per heavy atom. The Morgan fingerprint density at radius 1 is 1.35 bits per heavy atom. The van der Waals surface area contributed by atoms with E-state index >= 15 is 0 Å². The van der Waals surface area contributed by atoms with Crippen LogP contribution in [0.2, 0.25) is 0 Å². The molecule has 2 rings (SSSR count). The third-order valence-electron chi connectivity index (χ3n) is 2.23. The van der Waals surface area contributed by atoms with Gasteiger partial charge >= 0.3 is 5.69 Å². The fourth-order valence-electron chi connectivity index (χ4n) is 1.44. The van der Waals surface area contributed by atoms with E-state index in [1.165, 1.54) is 0 Å². The van der Waals surface area contributed by atoms with Crippen LogP contribution in [0.4, 0.5) is 10.2 Å². The molecular formula is C11H11FN4O. The summed E-state index contributed by atoms with van der Waals surface area (Å²) in [7, 11) is 0. The summed E-state index contributed by atoms with van der Waals surface area (Å²) in [5.74, 6) is 4.95. The van der Waals surface area contributed by atoms with Crippen LogP contribution in [0.5, 0.6) is 0 Å². The van der Waals surface area contributed by atoms with Gasteiger partial charge in [-0.3, -0.25) is 9.99 Å². The summed E-state index contributed by atoms with van der Waals surface area (Å²) in [5, 5.41) is 1.13. The minimum Gasteiger partial charge on any atom is -0.289 e. The molecule has 0 radical (unpaired) electrons. The molecule has 1 heterocycles. The molecule has 0 spiro atoms. The van der Waals surface area contributed by atoms with Crippen molar-refractivity contribution in [3.63, 3.8) is 0 Å². The molecule has 0 fully saturated rings. The summed E-state index contributed by atoms with van der Waals surface area (Å²) < 4.78 is 13.4. The minimum atomic E-state index is -0.664. The standard InChI is InChI=1S/C11H11FN4O/c12-9-6-14-11(17)15-10(9)16(13)7-8-4-2-1-3-5-8/h1-6H,7,13H2,(H,14,15,17). The molecule has 0 amide bonds. The van der Waals surface area contributed by atoms with Crippen LogP contribution in [-0.4, -0.2) is 9.97 Å². The monoisotopic (exact) mass is 234 g/mol. The molecule has 0 aliphatic rings. The quantitative estimate of drug-likeness (QED) is 0.608. The summed E-state index contributed by atoms with van der Waals surface area (Å²) in [6.07, 6.45) is 0.846. The van der Waals surface area contributed by atoms with Crippen LogP contribution in [0.1, 0.15) is 5.56 Å². The third-order valence-corrected chi connectivity index (χ3v) is 2.23. The van der Waals surface area contributed by atoms with Crippen molar-refractivity contribution in [2.24, 2.45) is 5.84 Å². The second-order valence-corrected chi connectivity index (χ2v) is 3.50. The van der Waals surface area contributed by atoms with Gasteiger partial charge in [0, 0.05) is 0 Å². The summed E-state index contributed by atoms with van der Waals surface area (Å²) in [6, 6.07) is 9.30. The van der Waals surface area contributed by atoms with E-state index in [0.717, 1.165) is 16.8 Å². The number of anilines is 1. The lowest BCUT2D eigenvalue weighted by molar-refractivity contribution is 0.599. The first kappa shape index (κ1) is 11.3. The van der Waals surface area contributed by atoms with Gasteiger partial charge in [-0.1, -0.05) is 30.3 Å². The highest BCUT2D eigenvalue weighted by molar-refractivity contribution is 5.37. The lowest BCUT2D eigenvalue weighted by Gasteiger charge is -2.18. The van der Waals surface area contributed by atoms with Gasteiger partial charge in [0.15, 0.2) is 11.6 Å². The molecule has 0 unspecified atom stereocenters. The van der Waals surface area contributed by atoms with Gasteiger partial charge in [0.05, 0.1) is 12.7 Å². The lowest BCUT2D eigenvalue weighted by Crippen LogP contribution is -2.33. The fraction of sp³-hybridized carbons (Fsp3) is 0.0909. The number of hydrazine groups is 1. The molecule has 0 atom stereocenters. The van der Waals surface area contributed by atoms with E-state index in [2.05, 4.69) is 9.97 Å². The van der Waals surface area contributed by atoms with E-state index in [0.29, 0.717) is 0 Å². The molecule has 3 N–H and O–H groups in total. The Balaban J connectivity index is 2.23. The predicted molar refractivity (Wildman–Crippen MR) is 61.6 cm³/mol. The van der Waals surface area contributed by atoms with Crippen molar-refractivity contribution in [3.05, 3.63) is 58.4 Å². The van der Waals surface area contributed by atoms with Gasteiger partial charge in [0.25, 0.3) is 0 Å². The molecule has 88 valence electrons. The van der Waals surface area contributed by atoms with Crippen LogP contribution in [0, 0.1) is 5.82 Å². The number of aromatic nitrogens is 2. The Labute approximate surface area is 96.7 Å². The normalized spacial score (nSPS) is 10.2. The van der Waals surface area contributed by atoms with Crippen molar-refractivity contribution in [2.45, 2.75) is 6.54 Å². The highest BCUT2D eigenvalue weighted by Crippen LogP contribution is 2.12. The number of nitrogens with zero attached hydrogens (tertiary/aromatic N) is 2. The minimum absolute atomic E-state index is 0.0751. The lowest BCUT2D eigenvalue weighted by atomic mass is 10.2. The Kier molecular flexibility index (Phi) is 3.15. The van der Waals surface area contributed by atoms with Crippen molar-refractivity contribution in [1.82, 2.24) is 9.97 Å². The fourth-order valence-corrected chi connectivity index (χ4v) is 1.44. The van der Waals surface area contributed by atoms with Gasteiger partial charge in [-0.05, 0) is 5.56 Å². The molecule has 0 saturated carbocycles. The zero-order valence-corrected chi connectivity index (χ0v) is 8.93. The van der Waals surface area contributed by atoms with E-state index in [-0.39, 0.29) is 12.4 Å². The SMILES string of the molecule is NN(Cc1ccccc1)c1[nH]c(=O)ncc1F.